The molecule has 2 bridgehead atoms. The Morgan fingerprint density at radius 3 is 2.78 bits per heavy atom. The molecule has 1 aromatic heterocycles. The summed E-state index contributed by atoms with van der Waals surface area (Å²) in [6, 6.07) is 5.90. The van der Waals surface area contributed by atoms with Crippen LogP contribution in [0.25, 0.3) is 11.0 Å². The number of carbonyl (C=O) groups excluding carboxylic acids is 1. The maximum Gasteiger partial charge on any atom is 0.287 e. The Balaban J connectivity index is 1.51. The van der Waals surface area contributed by atoms with Gasteiger partial charge in [0.2, 0.25) is 0 Å². The Morgan fingerprint density at radius 1 is 1.26 bits per heavy atom. The number of halogens is 2. The van der Waals surface area contributed by atoms with Crippen molar-refractivity contribution >= 4 is 48.7 Å². The molecule has 0 saturated heterocycles. The Hall–Kier alpha value is -0.810. The molecule has 4 atom stereocenters. The van der Waals surface area contributed by atoms with Crippen molar-refractivity contribution < 1.29 is 9.21 Å². The Labute approximate surface area is 152 Å². The summed E-state index contributed by atoms with van der Waals surface area (Å²) in [5.74, 6) is 2.59. The molecule has 2 fully saturated rings. The van der Waals surface area contributed by atoms with Gasteiger partial charge in [0.1, 0.15) is 5.58 Å². The topological polar surface area (TPSA) is 42.2 Å². The van der Waals surface area contributed by atoms with Crippen LogP contribution in [0.2, 0.25) is 0 Å². The second-order valence-corrected chi connectivity index (χ2v) is 8.79. The first-order valence-electron chi connectivity index (χ1n) is 8.20. The van der Waals surface area contributed by atoms with Gasteiger partial charge in [0.15, 0.2) is 5.76 Å². The van der Waals surface area contributed by atoms with Crippen molar-refractivity contribution in [1.29, 1.82) is 0 Å². The third-order valence-corrected chi connectivity index (χ3v) is 6.60. The molecule has 1 amide bonds. The quantitative estimate of drug-likeness (QED) is 0.683. The van der Waals surface area contributed by atoms with Crippen molar-refractivity contribution in [3.05, 3.63) is 32.9 Å². The highest BCUT2D eigenvalue weighted by Crippen LogP contribution is 2.49. The molecular formula is C18H19Br2NO2. The zero-order chi connectivity index (χ0) is 16.1. The Kier molecular flexibility index (Phi) is 4.04. The first-order chi connectivity index (χ1) is 11.0. The van der Waals surface area contributed by atoms with Gasteiger partial charge in [-0.2, -0.15) is 0 Å². The fraction of sp³-hybridized carbons (Fsp3) is 0.500. The molecule has 0 spiro atoms. The maximum atomic E-state index is 12.6. The maximum absolute atomic E-state index is 12.6. The van der Waals surface area contributed by atoms with E-state index in [0.29, 0.717) is 17.3 Å². The van der Waals surface area contributed by atoms with Crippen LogP contribution in [0.15, 0.2) is 31.6 Å². The molecule has 1 aromatic carbocycles. The molecule has 5 heteroatoms. The van der Waals surface area contributed by atoms with Crippen molar-refractivity contribution in [2.45, 2.75) is 38.6 Å². The second-order valence-electron chi connectivity index (χ2n) is 7.02. The van der Waals surface area contributed by atoms with E-state index in [1.54, 1.807) is 0 Å². The highest BCUT2D eigenvalue weighted by Gasteiger charge is 2.42. The second kappa shape index (κ2) is 5.92. The number of amides is 1. The van der Waals surface area contributed by atoms with Crippen LogP contribution in [0.3, 0.4) is 0 Å². The van der Waals surface area contributed by atoms with Gasteiger partial charge in [0.25, 0.3) is 5.91 Å². The fourth-order valence-electron chi connectivity index (χ4n) is 4.48. The lowest BCUT2D eigenvalue weighted by Crippen LogP contribution is -2.39. The largest absolute Gasteiger partial charge is 0.450 e. The Bertz CT molecular complexity index is 770. The summed E-state index contributed by atoms with van der Waals surface area (Å²) in [6.07, 6.45) is 5.34. The lowest BCUT2D eigenvalue weighted by Gasteiger charge is -2.28. The average molecular weight is 441 g/mol. The molecule has 1 heterocycles. The van der Waals surface area contributed by atoms with Crippen molar-refractivity contribution in [3.63, 3.8) is 0 Å². The number of hydrogen-bond acceptors (Lipinski definition) is 2. The van der Waals surface area contributed by atoms with Crippen LogP contribution in [-0.4, -0.2) is 11.9 Å². The van der Waals surface area contributed by atoms with Crippen molar-refractivity contribution in [1.82, 2.24) is 5.32 Å². The van der Waals surface area contributed by atoms with Crippen LogP contribution in [0.4, 0.5) is 0 Å². The van der Waals surface area contributed by atoms with E-state index in [9.17, 15) is 4.79 Å². The van der Waals surface area contributed by atoms with E-state index in [4.69, 9.17) is 4.42 Å². The van der Waals surface area contributed by atoms with Crippen LogP contribution in [0.1, 0.15) is 43.2 Å². The van der Waals surface area contributed by atoms with E-state index in [2.05, 4.69) is 44.1 Å². The number of nitrogens with one attached hydrogen (secondary N) is 1. The SMILES string of the molecule is C[C@H](NC(=O)c1cc2cc(Br)cc(Br)c2o1)[C@H]1C[C@H]2CC[C@H]1C2. The number of hydrogen-bond donors (Lipinski definition) is 1. The van der Waals surface area contributed by atoms with Crippen LogP contribution >= 0.6 is 31.9 Å². The highest BCUT2D eigenvalue weighted by molar-refractivity contribution is 9.11. The van der Waals surface area contributed by atoms with Gasteiger partial charge in [-0.1, -0.05) is 22.4 Å². The van der Waals surface area contributed by atoms with Gasteiger partial charge in [0.05, 0.1) is 4.47 Å². The minimum atomic E-state index is -0.112. The fourth-order valence-corrected chi connectivity index (χ4v) is 5.82. The molecule has 2 saturated carbocycles. The van der Waals surface area contributed by atoms with Gasteiger partial charge in [-0.15, -0.1) is 0 Å². The molecule has 0 unspecified atom stereocenters. The third kappa shape index (κ3) is 2.86. The minimum absolute atomic E-state index is 0.112. The minimum Gasteiger partial charge on any atom is -0.450 e. The highest BCUT2D eigenvalue weighted by atomic mass is 79.9. The molecule has 4 rings (SSSR count). The molecule has 2 aliphatic carbocycles. The first kappa shape index (κ1) is 15.7. The number of furan rings is 1. The summed E-state index contributed by atoms with van der Waals surface area (Å²) in [5.41, 5.74) is 0.714. The third-order valence-electron chi connectivity index (χ3n) is 5.55. The van der Waals surface area contributed by atoms with E-state index in [-0.39, 0.29) is 11.9 Å². The van der Waals surface area contributed by atoms with E-state index in [1.807, 2.05) is 18.2 Å². The van der Waals surface area contributed by atoms with Gasteiger partial charge in [-0.25, -0.2) is 0 Å². The van der Waals surface area contributed by atoms with E-state index in [0.717, 1.165) is 26.2 Å². The normalized spacial score (nSPS) is 27.5. The number of carbonyl (C=O) groups is 1. The van der Waals surface area contributed by atoms with Crippen LogP contribution < -0.4 is 5.32 Å². The standard InChI is InChI=1S/C18H19Br2NO2/c1-9(14-5-10-2-3-11(14)4-10)21-18(22)16-7-12-6-13(19)8-15(20)17(12)23-16/h6-11,14H,2-5H2,1H3,(H,21,22)/t9-,10-,11-,14+/m0/s1. The van der Waals surface area contributed by atoms with Crippen molar-refractivity contribution in [2.24, 2.45) is 17.8 Å². The van der Waals surface area contributed by atoms with Crippen LogP contribution in [0.5, 0.6) is 0 Å². The molecule has 0 aliphatic heterocycles. The number of rotatable bonds is 3. The van der Waals surface area contributed by atoms with E-state index in [1.165, 1.54) is 25.7 Å². The van der Waals surface area contributed by atoms with Gasteiger partial charge in [-0.05, 0) is 78.1 Å². The zero-order valence-electron chi connectivity index (χ0n) is 12.9. The molecule has 122 valence electrons. The predicted molar refractivity (Wildman–Crippen MR) is 97.5 cm³/mol. The summed E-state index contributed by atoms with van der Waals surface area (Å²) in [6.45, 7) is 2.14. The van der Waals surface area contributed by atoms with Crippen molar-refractivity contribution in [3.8, 4) is 0 Å². The van der Waals surface area contributed by atoms with E-state index >= 15 is 0 Å². The lowest BCUT2D eigenvalue weighted by atomic mass is 9.84. The zero-order valence-corrected chi connectivity index (χ0v) is 16.1. The lowest BCUT2D eigenvalue weighted by molar-refractivity contribution is 0.0889. The molecule has 0 radical (unpaired) electrons. The Morgan fingerprint density at radius 2 is 2.09 bits per heavy atom. The smallest absolute Gasteiger partial charge is 0.287 e. The van der Waals surface area contributed by atoms with Gasteiger partial charge >= 0.3 is 0 Å². The summed E-state index contributed by atoms with van der Waals surface area (Å²) < 4.78 is 7.57. The number of benzene rings is 1. The molecule has 2 aromatic rings. The summed E-state index contributed by atoms with van der Waals surface area (Å²) in [4.78, 5) is 12.6. The van der Waals surface area contributed by atoms with Crippen molar-refractivity contribution in [2.75, 3.05) is 0 Å². The van der Waals surface area contributed by atoms with Gasteiger partial charge in [-0.3, -0.25) is 4.79 Å². The molecular weight excluding hydrogens is 422 g/mol. The van der Waals surface area contributed by atoms with Gasteiger partial charge in [0, 0.05) is 15.9 Å². The molecule has 2 aliphatic rings. The first-order valence-corrected chi connectivity index (χ1v) is 9.79. The molecule has 23 heavy (non-hydrogen) atoms. The van der Waals surface area contributed by atoms with Gasteiger partial charge < -0.3 is 9.73 Å². The molecule has 1 N–H and O–H groups in total. The summed E-state index contributed by atoms with van der Waals surface area (Å²) in [7, 11) is 0. The van der Waals surface area contributed by atoms with Crippen LogP contribution in [0, 0.1) is 17.8 Å². The van der Waals surface area contributed by atoms with Crippen LogP contribution in [-0.2, 0) is 0 Å². The number of fused-ring (bicyclic) bond motifs is 3. The average Bonchev–Trinajstić information content (AvgIpc) is 3.21. The van der Waals surface area contributed by atoms with E-state index < -0.39 is 0 Å². The summed E-state index contributed by atoms with van der Waals surface area (Å²) in [5, 5.41) is 4.08. The molecule has 3 nitrogen and oxygen atoms in total. The summed E-state index contributed by atoms with van der Waals surface area (Å²) >= 11 is 6.94. The predicted octanol–water partition coefficient (Wildman–Crippen LogP) is 5.51. The monoisotopic (exact) mass is 439 g/mol.